The minimum Gasteiger partial charge on any atom is -0.472 e. The van der Waals surface area contributed by atoms with Crippen molar-refractivity contribution in [2.24, 2.45) is 0 Å². The molecule has 0 spiro atoms. The van der Waals surface area contributed by atoms with E-state index in [1.54, 1.807) is 12.1 Å². The molecule has 1 N–H and O–H groups in total. The molecule has 1 aliphatic heterocycles. The van der Waals surface area contributed by atoms with Crippen LogP contribution in [0.1, 0.15) is 28.4 Å². The van der Waals surface area contributed by atoms with Crippen LogP contribution in [0.2, 0.25) is 5.02 Å². The number of ether oxygens (including phenoxy) is 2. The molecule has 1 amide bonds. The number of halogens is 1. The van der Waals surface area contributed by atoms with Gasteiger partial charge in [-0.15, -0.1) is 0 Å². The average Bonchev–Trinajstić information content (AvgIpc) is 3.25. The Bertz CT molecular complexity index is 1080. The second-order valence-corrected chi connectivity index (χ2v) is 7.72. The summed E-state index contributed by atoms with van der Waals surface area (Å²) in [6.07, 6.45) is 2.44. The van der Waals surface area contributed by atoms with Gasteiger partial charge in [0, 0.05) is 36.6 Å². The highest BCUT2D eigenvalue weighted by molar-refractivity contribution is 6.30. The quantitative estimate of drug-likeness (QED) is 0.491. The molecule has 0 saturated heterocycles. The van der Waals surface area contributed by atoms with E-state index >= 15 is 0 Å². The van der Waals surface area contributed by atoms with Gasteiger partial charge in [0.2, 0.25) is 11.8 Å². The number of fused-ring (bicyclic) bond motifs is 1. The van der Waals surface area contributed by atoms with Crippen molar-refractivity contribution in [1.29, 1.82) is 0 Å². The van der Waals surface area contributed by atoms with Gasteiger partial charge in [0.25, 0.3) is 5.91 Å². The molecule has 1 aliphatic rings. The van der Waals surface area contributed by atoms with E-state index in [1.807, 2.05) is 42.2 Å². The summed E-state index contributed by atoms with van der Waals surface area (Å²) in [5, 5.41) is 3.48. The third-order valence-electron chi connectivity index (χ3n) is 5.14. The maximum Gasteiger partial charge on any atom is 0.258 e. The molecular weight excluding hydrogens is 428 g/mol. The van der Waals surface area contributed by atoms with Crippen LogP contribution in [0.15, 0.2) is 54.7 Å². The largest absolute Gasteiger partial charge is 0.472 e. The van der Waals surface area contributed by atoms with Crippen LogP contribution >= 0.6 is 11.6 Å². The number of nitrogens with zero attached hydrogens (tertiary/aromatic N) is 3. The first kappa shape index (κ1) is 22.0. The Morgan fingerprint density at radius 1 is 1.19 bits per heavy atom. The maximum atomic E-state index is 12.8. The fourth-order valence-corrected chi connectivity index (χ4v) is 3.63. The summed E-state index contributed by atoms with van der Waals surface area (Å²) in [5.41, 5.74) is 3.53. The molecule has 2 heterocycles. The molecule has 0 unspecified atom stereocenters. The molecule has 1 aromatic heterocycles. The SMILES string of the molecule is CCOCCNC(=O)c1cnc(N2CCc3ccccc32)nc1OCc1ccc(Cl)cc1. The number of para-hydroxylation sites is 1. The van der Waals surface area contributed by atoms with Crippen LogP contribution in [-0.4, -0.2) is 42.2 Å². The van der Waals surface area contributed by atoms with Gasteiger partial charge in [-0.05, 0) is 42.7 Å². The Morgan fingerprint density at radius 2 is 2.00 bits per heavy atom. The lowest BCUT2D eigenvalue weighted by molar-refractivity contribution is 0.0917. The van der Waals surface area contributed by atoms with Gasteiger partial charge in [0.05, 0.1) is 6.61 Å². The minimum absolute atomic E-state index is 0.239. The third-order valence-corrected chi connectivity index (χ3v) is 5.39. The van der Waals surface area contributed by atoms with Crippen molar-refractivity contribution in [2.75, 3.05) is 31.2 Å². The Balaban J connectivity index is 1.57. The van der Waals surface area contributed by atoms with Crippen LogP contribution in [0.25, 0.3) is 0 Å². The molecule has 0 fully saturated rings. The fourth-order valence-electron chi connectivity index (χ4n) is 3.51. The van der Waals surface area contributed by atoms with Crippen molar-refractivity contribution >= 4 is 29.1 Å². The molecule has 7 nitrogen and oxygen atoms in total. The van der Waals surface area contributed by atoms with E-state index in [9.17, 15) is 4.79 Å². The first-order chi connectivity index (χ1) is 15.7. The van der Waals surface area contributed by atoms with Gasteiger partial charge < -0.3 is 19.7 Å². The molecule has 32 heavy (non-hydrogen) atoms. The number of hydrogen-bond acceptors (Lipinski definition) is 6. The summed E-state index contributed by atoms with van der Waals surface area (Å²) < 4.78 is 11.3. The second-order valence-electron chi connectivity index (χ2n) is 7.29. The highest BCUT2D eigenvalue weighted by Gasteiger charge is 2.24. The van der Waals surface area contributed by atoms with E-state index in [2.05, 4.69) is 21.4 Å². The van der Waals surface area contributed by atoms with Crippen molar-refractivity contribution in [3.05, 3.63) is 76.4 Å². The highest BCUT2D eigenvalue weighted by atomic mass is 35.5. The molecule has 8 heteroatoms. The van der Waals surface area contributed by atoms with Crippen molar-refractivity contribution in [3.63, 3.8) is 0 Å². The number of aromatic nitrogens is 2. The Morgan fingerprint density at radius 3 is 2.81 bits per heavy atom. The average molecular weight is 453 g/mol. The van der Waals surface area contributed by atoms with Gasteiger partial charge in [-0.2, -0.15) is 4.98 Å². The Hall–Kier alpha value is -3.16. The van der Waals surface area contributed by atoms with Crippen molar-refractivity contribution in [2.45, 2.75) is 20.0 Å². The number of anilines is 2. The van der Waals surface area contributed by atoms with Crippen molar-refractivity contribution in [3.8, 4) is 5.88 Å². The predicted molar refractivity (Wildman–Crippen MR) is 124 cm³/mol. The number of carbonyl (C=O) groups excluding carboxylic acids is 1. The number of benzene rings is 2. The topological polar surface area (TPSA) is 76.6 Å². The van der Waals surface area contributed by atoms with Crippen molar-refractivity contribution in [1.82, 2.24) is 15.3 Å². The normalized spacial score (nSPS) is 12.5. The lowest BCUT2D eigenvalue weighted by Gasteiger charge is -2.19. The van der Waals surface area contributed by atoms with Gasteiger partial charge in [-0.1, -0.05) is 41.9 Å². The van der Waals surface area contributed by atoms with Gasteiger partial charge >= 0.3 is 0 Å². The number of amides is 1. The molecule has 2 aromatic carbocycles. The standard InChI is InChI=1S/C24H25ClN4O3/c1-2-31-14-12-26-22(30)20-15-27-24(29-13-11-18-5-3-4-6-21(18)29)28-23(20)32-16-17-7-9-19(25)10-8-17/h3-10,15H,2,11-14,16H2,1H3,(H,26,30). The summed E-state index contributed by atoms with van der Waals surface area (Å²) in [4.78, 5) is 23.9. The number of carbonyl (C=O) groups is 1. The first-order valence-electron chi connectivity index (χ1n) is 10.6. The highest BCUT2D eigenvalue weighted by Crippen LogP contribution is 2.33. The van der Waals surface area contributed by atoms with E-state index in [0.29, 0.717) is 30.7 Å². The predicted octanol–water partition coefficient (Wildman–Crippen LogP) is 4.17. The van der Waals surface area contributed by atoms with Gasteiger partial charge in [0.1, 0.15) is 12.2 Å². The van der Waals surface area contributed by atoms with E-state index in [4.69, 9.17) is 21.1 Å². The molecule has 0 radical (unpaired) electrons. The maximum absolute atomic E-state index is 12.8. The molecule has 0 atom stereocenters. The Labute approximate surface area is 192 Å². The van der Waals surface area contributed by atoms with Crippen LogP contribution in [0.3, 0.4) is 0 Å². The summed E-state index contributed by atoms with van der Waals surface area (Å²) in [5.74, 6) is 0.444. The van der Waals surface area contributed by atoms with Crippen LogP contribution in [0, 0.1) is 0 Å². The lowest BCUT2D eigenvalue weighted by Crippen LogP contribution is -2.28. The van der Waals surface area contributed by atoms with E-state index in [0.717, 1.165) is 24.2 Å². The molecule has 0 bridgehead atoms. The zero-order valence-corrected chi connectivity index (χ0v) is 18.6. The molecule has 3 aromatic rings. The van der Waals surface area contributed by atoms with Gasteiger partial charge in [0.15, 0.2) is 0 Å². The molecular formula is C24H25ClN4O3. The summed E-state index contributed by atoms with van der Waals surface area (Å²) in [6.45, 7) is 4.37. The summed E-state index contributed by atoms with van der Waals surface area (Å²) in [7, 11) is 0. The minimum atomic E-state index is -0.302. The molecule has 0 aliphatic carbocycles. The molecule has 4 rings (SSSR count). The van der Waals surface area contributed by atoms with Crippen LogP contribution in [-0.2, 0) is 17.8 Å². The number of rotatable bonds is 9. The van der Waals surface area contributed by atoms with Crippen LogP contribution in [0.4, 0.5) is 11.6 Å². The lowest BCUT2D eigenvalue weighted by atomic mass is 10.2. The van der Waals surface area contributed by atoms with E-state index in [-0.39, 0.29) is 24.0 Å². The van der Waals surface area contributed by atoms with E-state index < -0.39 is 0 Å². The Kier molecular flexibility index (Phi) is 7.19. The summed E-state index contributed by atoms with van der Waals surface area (Å²) in [6, 6.07) is 15.5. The van der Waals surface area contributed by atoms with Crippen molar-refractivity contribution < 1.29 is 14.3 Å². The van der Waals surface area contributed by atoms with Gasteiger partial charge in [-0.25, -0.2) is 4.98 Å². The monoisotopic (exact) mass is 452 g/mol. The molecule has 166 valence electrons. The number of hydrogen-bond donors (Lipinski definition) is 1. The second kappa shape index (κ2) is 10.4. The third kappa shape index (κ3) is 5.18. The first-order valence-corrected chi connectivity index (χ1v) is 11.0. The zero-order valence-electron chi connectivity index (χ0n) is 17.9. The zero-order chi connectivity index (χ0) is 22.3. The summed E-state index contributed by atoms with van der Waals surface area (Å²) >= 11 is 5.97. The fraction of sp³-hybridized carbons (Fsp3) is 0.292. The van der Waals surface area contributed by atoms with Crippen LogP contribution in [0.5, 0.6) is 5.88 Å². The smallest absolute Gasteiger partial charge is 0.258 e. The molecule has 0 saturated carbocycles. The van der Waals surface area contributed by atoms with E-state index in [1.165, 1.54) is 11.8 Å². The van der Waals surface area contributed by atoms with Gasteiger partial charge in [-0.3, -0.25) is 4.79 Å². The van der Waals surface area contributed by atoms with Crippen LogP contribution < -0.4 is 15.0 Å². The number of nitrogens with one attached hydrogen (secondary N) is 1.